The molecule has 5 nitrogen and oxygen atoms in total. The number of hydrogen-bond donors (Lipinski definition) is 1. The van der Waals surface area contributed by atoms with Crippen molar-refractivity contribution in [3.8, 4) is 0 Å². The van der Waals surface area contributed by atoms with E-state index in [1.807, 2.05) is 12.1 Å². The summed E-state index contributed by atoms with van der Waals surface area (Å²) in [7, 11) is 1.73. The van der Waals surface area contributed by atoms with Gasteiger partial charge in [0.15, 0.2) is 5.96 Å². The molecule has 1 aromatic rings. The fourth-order valence-corrected chi connectivity index (χ4v) is 3.18. The third-order valence-corrected chi connectivity index (χ3v) is 4.40. The summed E-state index contributed by atoms with van der Waals surface area (Å²) in [5, 5.41) is 3.30. The molecule has 0 aromatic carbocycles. The van der Waals surface area contributed by atoms with Gasteiger partial charge in [-0.1, -0.05) is 6.92 Å². The first-order chi connectivity index (χ1) is 11.9. The molecule has 0 saturated carbocycles. The molecule has 1 N–H and O–H groups in total. The molecule has 25 heavy (non-hydrogen) atoms. The van der Waals surface area contributed by atoms with Gasteiger partial charge >= 0.3 is 6.18 Å². The summed E-state index contributed by atoms with van der Waals surface area (Å²) in [6.45, 7) is 4.06. The summed E-state index contributed by atoms with van der Waals surface area (Å²) in [6, 6.07) is 3.78. The van der Waals surface area contributed by atoms with Crippen LogP contribution in [0.3, 0.4) is 0 Å². The highest BCUT2D eigenvalue weighted by Crippen LogP contribution is 2.21. The number of rotatable bonds is 7. The van der Waals surface area contributed by atoms with Gasteiger partial charge in [-0.2, -0.15) is 13.2 Å². The molecule has 142 valence electrons. The van der Waals surface area contributed by atoms with Crippen LogP contribution in [0.5, 0.6) is 0 Å². The van der Waals surface area contributed by atoms with Crippen LogP contribution in [0.15, 0.2) is 27.8 Å². The van der Waals surface area contributed by atoms with Crippen molar-refractivity contribution in [3.05, 3.63) is 24.2 Å². The predicted molar refractivity (Wildman–Crippen MR) is 91.6 cm³/mol. The van der Waals surface area contributed by atoms with Gasteiger partial charge in [-0.15, -0.1) is 0 Å². The smallest absolute Gasteiger partial charge is 0.401 e. The fraction of sp³-hybridized carbons (Fsp3) is 0.706. The van der Waals surface area contributed by atoms with E-state index in [0.717, 1.165) is 37.7 Å². The molecule has 1 aromatic heterocycles. The van der Waals surface area contributed by atoms with Crippen LogP contribution in [0.4, 0.5) is 13.2 Å². The van der Waals surface area contributed by atoms with Gasteiger partial charge in [-0.05, 0) is 31.0 Å². The van der Waals surface area contributed by atoms with E-state index in [0.29, 0.717) is 19.6 Å². The normalized spacial score (nSPS) is 19.0. The van der Waals surface area contributed by atoms with Crippen LogP contribution >= 0.6 is 0 Å². The lowest BCUT2D eigenvalue weighted by Crippen LogP contribution is -2.42. The zero-order valence-corrected chi connectivity index (χ0v) is 14.9. The summed E-state index contributed by atoms with van der Waals surface area (Å²) in [6.07, 6.45) is -0.848. The van der Waals surface area contributed by atoms with Gasteiger partial charge in [0.2, 0.25) is 0 Å². The lowest BCUT2D eigenvalue weighted by Gasteiger charge is -2.26. The van der Waals surface area contributed by atoms with E-state index >= 15 is 0 Å². The summed E-state index contributed by atoms with van der Waals surface area (Å²) in [5.74, 6) is 1.94. The van der Waals surface area contributed by atoms with Crippen molar-refractivity contribution < 1.29 is 17.6 Å². The first-order valence-electron chi connectivity index (χ1n) is 8.68. The predicted octanol–water partition coefficient (Wildman–Crippen LogP) is 2.60. The van der Waals surface area contributed by atoms with Gasteiger partial charge in [0.25, 0.3) is 0 Å². The van der Waals surface area contributed by atoms with Crippen molar-refractivity contribution in [1.29, 1.82) is 0 Å². The van der Waals surface area contributed by atoms with Crippen LogP contribution < -0.4 is 5.32 Å². The molecule has 1 aliphatic heterocycles. The van der Waals surface area contributed by atoms with E-state index in [1.165, 1.54) is 4.90 Å². The number of aliphatic imine (C=N–C) groups is 1. The van der Waals surface area contributed by atoms with E-state index in [2.05, 4.69) is 15.2 Å². The van der Waals surface area contributed by atoms with Gasteiger partial charge in [-0.3, -0.25) is 9.89 Å². The minimum Gasteiger partial charge on any atom is -0.469 e. The Kier molecular flexibility index (Phi) is 7.16. The van der Waals surface area contributed by atoms with E-state index in [4.69, 9.17) is 4.42 Å². The van der Waals surface area contributed by atoms with Gasteiger partial charge in [-0.25, -0.2) is 0 Å². The summed E-state index contributed by atoms with van der Waals surface area (Å²) < 4.78 is 43.1. The SMILES string of the molecule is CCN(CC1CCN(C(=NC)NCCc2ccco2)C1)CC(F)(F)F. The zero-order valence-electron chi connectivity index (χ0n) is 14.9. The molecular weight excluding hydrogens is 333 g/mol. The summed E-state index contributed by atoms with van der Waals surface area (Å²) in [4.78, 5) is 7.88. The highest BCUT2D eigenvalue weighted by Gasteiger charge is 2.32. The number of nitrogens with one attached hydrogen (secondary N) is 1. The highest BCUT2D eigenvalue weighted by atomic mass is 19.4. The first kappa shape index (κ1) is 19.6. The van der Waals surface area contributed by atoms with Gasteiger partial charge in [0.05, 0.1) is 12.8 Å². The number of likely N-dealkylation sites (tertiary alicyclic amines) is 1. The Labute approximate surface area is 146 Å². The van der Waals surface area contributed by atoms with Crippen molar-refractivity contribution >= 4 is 5.96 Å². The van der Waals surface area contributed by atoms with Crippen LogP contribution in [-0.4, -0.2) is 68.3 Å². The van der Waals surface area contributed by atoms with Crippen molar-refractivity contribution in [1.82, 2.24) is 15.1 Å². The molecular formula is C17H27F3N4O. The number of nitrogens with zero attached hydrogens (tertiary/aromatic N) is 3. The van der Waals surface area contributed by atoms with Crippen LogP contribution in [0.25, 0.3) is 0 Å². The second kappa shape index (κ2) is 9.12. The maximum Gasteiger partial charge on any atom is 0.401 e. The molecule has 2 heterocycles. The van der Waals surface area contributed by atoms with E-state index in [9.17, 15) is 13.2 Å². The molecule has 1 saturated heterocycles. The Hall–Kier alpha value is -1.70. The molecule has 1 fully saturated rings. The Bertz CT molecular complexity index is 530. The van der Waals surface area contributed by atoms with Crippen molar-refractivity contribution in [2.75, 3.05) is 46.3 Å². The van der Waals surface area contributed by atoms with Gasteiger partial charge < -0.3 is 14.6 Å². The largest absolute Gasteiger partial charge is 0.469 e. The van der Waals surface area contributed by atoms with E-state index in [-0.39, 0.29) is 5.92 Å². The van der Waals surface area contributed by atoms with Crippen molar-refractivity contribution in [3.63, 3.8) is 0 Å². The molecule has 0 bridgehead atoms. The first-order valence-corrected chi connectivity index (χ1v) is 8.68. The van der Waals surface area contributed by atoms with Crippen LogP contribution in [0, 0.1) is 5.92 Å². The standard InChI is InChI=1S/C17H27F3N4O/c1-3-23(13-17(18,19)20)11-14-7-9-24(12-14)16(21-2)22-8-6-15-5-4-10-25-15/h4-5,10,14H,3,6-9,11-13H2,1-2H3,(H,21,22). The highest BCUT2D eigenvalue weighted by molar-refractivity contribution is 5.80. The molecule has 1 aliphatic rings. The summed E-state index contributed by atoms with van der Waals surface area (Å²) >= 11 is 0. The quantitative estimate of drug-likeness (QED) is 0.600. The molecule has 0 spiro atoms. The average molecular weight is 360 g/mol. The zero-order chi connectivity index (χ0) is 18.3. The van der Waals surface area contributed by atoms with Crippen LogP contribution in [0.1, 0.15) is 19.1 Å². The fourth-order valence-electron chi connectivity index (χ4n) is 3.18. The monoisotopic (exact) mass is 360 g/mol. The molecule has 8 heteroatoms. The lowest BCUT2D eigenvalue weighted by molar-refractivity contribution is -0.146. The second-order valence-corrected chi connectivity index (χ2v) is 6.35. The molecule has 2 rings (SSSR count). The van der Waals surface area contributed by atoms with Gasteiger partial charge in [0.1, 0.15) is 5.76 Å². The lowest BCUT2D eigenvalue weighted by atomic mass is 10.1. The maximum atomic E-state index is 12.6. The molecule has 0 aliphatic carbocycles. The summed E-state index contributed by atoms with van der Waals surface area (Å²) in [5.41, 5.74) is 0. The van der Waals surface area contributed by atoms with Crippen LogP contribution in [-0.2, 0) is 6.42 Å². The van der Waals surface area contributed by atoms with E-state index in [1.54, 1.807) is 20.2 Å². The molecule has 0 amide bonds. The molecule has 0 radical (unpaired) electrons. The minimum absolute atomic E-state index is 0.228. The number of guanidine groups is 1. The maximum absolute atomic E-state index is 12.6. The third kappa shape index (κ3) is 6.61. The number of alkyl halides is 3. The topological polar surface area (TPSA) is 44.0 Å². The molecule has 1 atom stereocenters. The van der Waals surface area contributed by atoms with E-state index < -0.39 is 12.7 Å². The Morgan fingerprint density at radius 1 is 1.48 bits per heavy atom. The Morgan fingerprint density at radius 2 is 2.28 bits per heavy atom. The number of halogens is 3. The Balaban J connectivity index is 1.77. The number of furan rings is 1. The Morgan fingerprint density at radius 3 is 2.88 bits per heavy atom. The van der Waals surface area contributed by atoms with Crippen molar-refractivity contribution in [2.24, 2.45) is 10.9 Å². The second-order valence-electron chi connectivity index (χ2n) is 6.35. The molecule has 1 unspecified atom stereocenters. The van der Waals surface area contributed by atoms with Crippen LogP contribution in [0.2, 0.25) is 0 Å². The van der Waals surface area contributed by atoms with Crippen molar-refractivity contribution in [2.45, 2.75) is 25.9 Å². The number of hydrogen-bond acceptors (Lipinski definition) is 3. The third-order valence-electron chi connectivity index (χ3n) is 4.40. The minimum atomic E-state index is -4.14. The average Bonchev–Trinajstić information content (AvgIpc) is 3.21. The van der Waals surface area contributed by atoms with Gasteiger partial charge in [0, 0.05) is 39.6 Å².